The Morgan fingerprint density at radius 1 is 1.12 bits per heavy atom. The van der Waals surface area contributed by atoms with Crippen molar-refractivity contribution in [3.8, 4) is 0 Å². The number of benzene rings is 2. The molecule has 3 rings (SSSR count). The molecule has 128 valence electrons. The maximum atomic E-state index is 12.5. The lowest BCUT2D eigenvalue weighted by Crippen LogP contribution is -2.48. The van der Waals surface area contributed by atoms with Gasteiger partial charge in [-0.1, -0.05) is 36.4 Å². The molecule has 1 aliphatic rings. The summed E-state index contributed by atoms with van der Waals surface area (Å²) in [4.78, 5) is 12.5. The van der Waals surface area contributed by atoms with Crippen molar-refractivity contribution in [3.63, 3.8) is 0 Å². The van der Waals surface area contributed by atoms with Gasteiger partial charge in [-0.2, -0.15) is 0 Å². The van der Waals surface area contributed by atoms with E-state index in [1.165, 1.54) is 10.8 Å². The van der Waals surface area contributed by atoms with Gasteiger partial charge in [0.1, 0.15) is 0 Å². The maximum Gasteiger partial charge on any atom is 0.312 e. The second kappa shape index (κ2) is 6.34. The van der Waals surface area contributed by atoms with Crippen LogP contribution < -0.4 is 0 Å². The maximum absolute atomic E-state index is 12.5. The summed E-state index contributed by atoms with van der Waals surface area (Å²) in [7, 11) is -1.86. The molecule has 1 fully saturated rings. The predicted octanol–water partition coefficient (Wildman–Crippen LogP) is 4.86. The van der Waals surface area contributed by atoms with E-state index >= 15 is 0 Å². The van der Waals surface area contributed by atoms with E-state index in [1.807, 2.05) is 12.1 Å². The van der Waals surface area contributed by atoms with Crippen LogP contribution in [0.2, 0.25) is 19.6 Å². The summed E-state index contributed by atoms with van der Waals surface area (Å²) in [6.45, 7) is 9.09. The third kappa shape index (κ3) is 3.40. The van der Waals surface area contributed by atoms with Gasteiger partial charge in [-0.25, -0.2) is 0 Å². The molecule has 1 aliphatic heterocycles. The molecule has 4 heteroatoms. The quantitative estimate of drug-likeness (QED) is 0.588. The summed E-state index contributed by atoms with van der Waals surface area (Å²) in [6, 6.07) is 14.7. The van der Waals surface area contributed by atoms with Crippen LogP contribution in [-0.2, 0) is 19.6 Å². The summed E-state index contributed by atoms with van der Waals surface area (Å²) < 4.78 is 12.0. The standard InChI is InChI=1S/C20H26O3Si/c1-20(23-24(2,3)4,18-10-7-13-22-19(18)21)17-12-11-15-8-5-6-9-16(15)14-17/h5-6,8-9,11-12,14,18H,7,10,13H2,1-4H3. The van der Waals surface area contributed by atoms with Crippen molar-refractivity contribution in [2.24, 2.45) is 5.92 Å². The minimum Gasteiger partial charge on any atom is -0.465 e. The highest BCUT2D eigenvalue weighted by Gasteiger charge is 2.46. The molecule has 0 radical (unpaired) electrons. The molecule has 0 aliphatic carbocycles. The number of hydrogen-bond acceptors (Lipinski definition) is 3. The molecule has 0 amide bonds. The Labute approximate surface area is 145 Å². The first-order valence-corrected chi connectivity index (χ1v) is 12.1. The van der Waals surface area contributed by atoms with Crippen molar-refractivity contribution < 1.29 is 14.0 Å². The van der Waals surface area contributed by atoms with Crippen molar-refractivity contribution in [1.82, 2.24) is 0 Å². The van der Waals surface area contributed by atoms with E-state index in [1.54, 1.807) is 0 Å². The number of carbonyl (C=O) groups excluding carboxylic acids is 1. The lowest BCUT2D eigenvalue weighted by Gasteiger charge is -2.42. The zero-order chi connectivity index (χ0) is 17.4. The van der Waals surface area contributed by atoms with Gasteiger partial charge in [0, 0.05) is 0 Å². The van der Waals surface area contributed by atoms with Crippen LogP contribution in [0.25, 0.3) is 10.8 Å². The fraction of sp³-hybridized carbons (Fsp3) is 0.450. The number of cyclic esters (lactones) is 1. The molecule has 0 aromatic heterocycles. The first-order valence-electron chi connectivity index (χ1n) is 8.66. The summed E-state index contributed by atoms with van der Waals surface area (Å²) >= 11 is 0. The van der Waals surface area contributed by atoms with Crippen LogP contribution in [0, 0.1) is 5.92 Å². The van der Waals surface area contributed by atoms with E-state index in [4.69, 9.17) is 9.16 Å². The highest BCUT2D eigenvalue weighted by Crippen LogP contribution is 2.41. The number of esters is 1. The normalized spacial score (nSPS) is 21.3. The van der Waals surface area contributed by atoms with Gasteiger partial charge in [0.05, 0.1) is 18.1 Å². The van der Waals surface area contributed by atoms with E-state index in [2.05, 4.69) is 56.9 Å². The van der Waals surface area contributed by atoms with Crippen LogP contribution in [0.4, 0.5) is 0 Å². The summed E-state index contributed by atoms with van der Waals surface area (Å²) in [5.74, 6) is -0.380. The van der Waals surface area contributed by atoms with E-state index in [-0.39, 0.29) is 11.9 Å². The smallest absolute Gasteiger partial charge is 0.312 e. The Bertz CT molecular complexity index is 750. The molecular weight excluding hydrogens is 316 g/mol. The number of fused-ring (bicyclic) bond motifs is 1. The van der Waals surface area contributed by atoms with Gasteiger partial charge in [0.25, 0.3) is 0 Å². The third-order valence-electron chi connectivity index (χ3n) is 4.67. The van der Waals surface area contributed by atoms with Gasteiger partial charge in [-0.05, 0) is 61.8 Å². The molecule has 2 aromatic rings. The highest BCUT2D eigenvalue weighted by atomic mass is 28.4. The van der Waals surface area contributed by atoms with E-state index in [9.17, 15) is 4.79 Å². The van der Waals surface area contributed by atoms with Crippen LogP contribution in [0.15, 0.2) is 42.5 Å². The number of hydrogen-bond donors (Lipinski definition) is 0. The van der Waals surface area contributed by atoms with Gasteiger partial charge >= 0.3 is 5.97 Å². The van der Waals surface area contributed by atoms with Gasteiger partial charge in [0.2, 0.25) is 0 Å². The largest absolute Gasteiger partial charge is 0.465 e. The Hall–Kier alpha value is -1.65. The van der Waals surface area contributed by atoms with Crippen molar-refractivity contribution >= 4 is 25.1 Å². The molecule has 2 aromatic carbocycles. The summed E-state index contributed by atoms with van der Waals surface area (Å²) in [6.07, 6.45) is 1.71. The molecule has 0 N–H and O–H groups in total. The molecule has 1 saturated heterocycles. The molecule has 24 heavy (non-hydrogen) atoms. The van der Waals surface area contributed by atoms with Crippen LogP contribution in [0.5, 0.6) is 0 Å². The third-order valence-corrected chi connectivity index (χ3v) is 5.71. The van der Waals surface area contributed by atoms with E-state index < -0.39 is 13.9 Å². The van der Waals surface area contributed by atoms with Gasteiger partial charge < -0.3 is 9.16 Å². The summed E-state index contributed by atoms with van der Waals surface area (Å²) in [5.41, 5.74) is 0.416. The first-order chi connectivity index (χ1) is 11.3. The lowest BCUT2D eigenvalue weighted by atomic mass is 9.79. The van der Waals surface area contributed by atoms with Gasteiger partial charge in [0.15, 0.2) is 8.32 Å². The Morgan fingerprint density at radius 2 is 1.83 bits per heavy atom. The lowest BCUT2D eigenvalue weighted by molar-refractivity contribution is -0.163. The fourth-order valence-corrected chi connectivity index (χ4v) is 5.18. The van der Waals surface area contributed by atoms with Crippen molar-refractivity contribution in [3.05, 3.63) is 48.0 Å². The second-order valence-corrected chi connectivity index (χ2v) is 12.2. The monoisotopic (exact) mass is 342 g/mol. The molecule has 0 saturated carbocycles. The molecular formula is C20H26O3Si. The Kier molecular flexibility index (Phi) is 4.54. The zero-order valence-corrected chi connectivity index (χ0v) is 16.0. The minimum absolute atomic E-state index is 0.129. The predicted molar refractivity (Wildman–Crippen MR) is 99.4 cm³/mol. The molecule has 1 heterocycles. The average molecular weight is 343 g/mol. The Morgan fingerprint density at radius 3 is 2.50 bits per heavy atom. The number of carbonyl (C=O) groups is 1. The van der Waals surface area contributed by atoms with Gasteiger partial charge in [-0.15, -0.1) is 0 Å². The van der Waals surface area contributed by atoms with Crippen LogP contribution >= 0.6 is 0 Å². The molecule has 2 atom stereocenters. The van der Waals surface area contributed by atoms with Crippen LogP contribution in [0.1, 0.15) is 25.3 Å². The van der Waals surface area contributed by atoms with E-state index in [0.717, 1.165) is 18.4 Å². The van der Waals surface area contributed by atoms with Gasteiger partial charge in [-0.3, -0.25) is 4.79 Å². The van der Waals surface area contributed by atoms with E-state index in [0.29, 0.717) is 6.61 Å². The SMILES string of the molecule is CC(O[Si](C)(C)C)(c1ccc2ccccc2c1)C1CCCOC1=O. The van der Waals surface area contributed by atoms with Crippen molar-refractivity contribution in [2.75, 3.05) is 6.61 Å². The molecule has 0 spiro atoms. The second-order valence-electron chi connectivity index (χ2n) is 7.75. The molecule has 0 bridgehead atoms. The number of rotatable bonds is 4. The van der Waals surface area contributed by atoms with Crippen LogP contribution in [-0.4, -0.2) is 20.9 Å². The number of ether oxygens (including phenoxy) is 1. The highest BCUT2D eigenvalue weighted by molar-refractivity contribution is 6.69. The summed E-state index contributed by atoms with van der Waals surface area (Å²) in [5, 5.41) is 2.37. The molecule has 3 nitrogen and oxygen atoms in total. The average Bonchev–Trinajstić information content (AvgIpc) is 2.53. The fourth-order valence-electron chi connectivity index (χ4n) is 3.64. The topological polar surface area (TPSA) is 35.5 Å². The first kappa shape index (κ1) is 17.2. The van der Waals surface area contributed by atoms with Crippen molar-refractivity contribution in [1.29, 1.82) is 0 Å². The Balaban J connectivity index is 2.09. The van der Waals surface area contributed by atoms with Crippen LogP contribution in [0.3, 0.4) is 0 Å². The minimum atomic E-state index is -1.86. The zero-order valence-electron chi connectivity index (χ0n) is 15.0. The van der Waals surface area contributed by atoms with Crippen molar-refractivity contribution in [2.45, 2.75) is 45.0 Å². The molecule has 2 unspecified atom stereocenters.